The van der Waals surface area contributed by atoms with Gasteiger partial charge in [-0.1, -0.05) is 0 Å². The van der Waals surface area contributed by atoms with Crippen LogP contribution in [0.25, 0.3) is 0 Å². The van der Waals surface area contributed by atoms with Crippen LogP contribution in [0.1, 0.15) is 12.2 Å². The lowest BCUT2D eigenvalue weighted by Gasteiger charge is -2.08. The molecule has 3 aromatic rings. The molecule has 0 aliphatic carbocycles. The highest BCUT2D eigenvalue weighted by Crippen LogP contribution is 2.16. The molecule has 8 nitrogen and oxygen atoms in total. The van der Waals surface area contributed by atoms with Gasteiger partial charge in [0, 0.05) is 30.9 Å². The number of carbonyl (C=O) groups excluding carboxylic acids is 1. The summed E-state index contributed by atoms with van der Waals surface area (Å²) in [6, 6.07) is 11.0. The molecule has 0 bridgehead atoms. The Labute approximate surface area is 150 Å². The Bertz CT molecular complexity index is 956. The number of nitrogens with zero attached hydrogens (tertiary/aromatic N) is 2. The third-order valence-corrected chi connectivity index (χ3v) is 4.76. The van der Waals surface area contributed by atoms with Crippen LogP contribution < -0.4 is 10.0 Å². The second-order valence-electron chi connectivity index (χ2n) is 5.33. The van der Waals surface area contributed by atoms with E-state index in [1.165, 1.54) is 36.7 Å². The Morgan fingerprint density at radius 2 is 1.77 bits per heavy atom. The summed E-state index contributed by atoms with van der Waals surface area (Å²) in [6.45, 7) is 0. The minimum Gasteiger partial charge on any atom is -0.469 e. The maximum absolute atomic E-state index is 12.3. The lowest BCUT2D eigenvalue weighted by atomic mass is 10.2. The van der Waals surface area contributed by atoms with Gasteiger partial charge in [0.15, 0.2) is 0 Å². The number of carbonyl (C=O) groups is 1. The first-order chi connectivity index (χ1) is 12.5. The van der Waals surface area contributed by atoms with Crippen molar-refractivity contribution in [3.05, 3.63) is 66.9 Å². The van der Waals surface area contributed by atoms with Crippen LogP contribution in [0.15, 0.2) is 70.4 Å². The Balaban J connectivity index is 1.59. The number of hydrogen-bond acceptors (Lipinski definition) is 6. The highest BCUT2D eigenvalue weighted by molar-refractivity contribution is 7.92. The van der Waals surface area contributed by atoms with Gasteiger partial charge in [-0.05, 0) is 42.5 Å². The molecule has 0 aliphatic rings. The van der Waals surface area contributed by atoms with Crippen LogP contribution in [-0.2, 0) is 21.2 Å². The third-order valence-electron chi connectivity index (χ3n) is 3.42. The fourth-order valence-electron chi connectivity index (χ4n) is 2.16. The van der Waals surface area contributed by atoms with E-state index in [-0.39, 0.29) is 23.2 Å². The summed E-state index contributed by atoms with van der Waals surface area (Å²) in [5.74, 6) is 0.534. The molecule has 0 atom stereocenters. The Hall–Kier alpha value is -3.20. The number of aromatic nitrogens is 2. The molecule has 0 unspecified atom stereocenters. The number of anilines is 2. The van der Waals surface area contributed by atoms with Crippen molar-refractivity contribution in [2.75, 3.05) is 10.0 Å². The van der Waals surface area contributed by atoms with Gasteiger partial charge in [-0.15, -0.1) is 0 Å². The molecular formula is C17H16N4O4S. The first-order valence-electron chi connectivity index (χ1n) is 7.75. The van der Waals surface area contributed by atoms with Gasteiger partial charge in [-0.2, -0.15) is 0 Å². The minimum atomic E-state index is -3.80. The maximum Gasteiger partial charge on any atom is 0.264 e. The second-order valence-corrected chi connectivity index (χ2v) is 7.01. The number of benzene rings is 1. The number of sulfonamides is 1. The number of furan rings is 1. The number of aryl methyl sites for hydroxylation is 1. The third kappa shape index (κ3) is 4.67. The molecule has 9 heteroatoms. The first-order valence-corrected chi connectivity index (χ1v) is 9.23. The van der Waals surface area contributed by atoms with Gasteiger partial charge in [-0.25, -0.2) is 23.1 Å². The highest BCUT2D eigenvalue weighted by Gasteiger charge is 2.15. The van der Waals surface area contributed by atoms with Crippen molar-refractivity contribution in [3.8, 4) is 0 Å². The van der Waals surface area contributed by atoms with Crippen LogP contribution in [0.2, 0.25) is 0 Å². The van der Waals surface area contributed by atoms with Crippen LogP contribution in [0.5, 0.6) is 0 Å². The van der Waals surface area contributed by atoms with E-state index in [2.05, 4.69) is 20.0 Å². The average molecular weight is 372 g/mol. The normalized spacial score (nSPS) is 11.1. The summed E-state index contributed by atoms with van der Waals surface area (Å²) in [6.07, 6.45) is 5.19. The monoisotopic (exact) mass is 372 g/mol. The summed E-state index contributed by atoms with van der Waals surface area (Å²) in [7, 11) is -3.80. The van der Waals surface area contributed by atoms with Crippen molar-refractivity contribution in [2.45, 2.75) is 17.7 Å². The molecule has 2 aromatic heterocycles. The molecule has 0 spiro atoms. The molecule has 26 heavy (non-hydrogen) atoms. The van der Waals surface area contributed by atoms with Crippen LogP contribution >= 0.6 is 0 Å². The molecule has 134 valence electrons. The van der Waals surface area contributed by atoms with Crippen LogP contribution in [0, 0.1) is 0 Å². The maximum atomic E-state index is 12.3. The molecule has 0 saturated carbocycles. The molecule has 1 amide bonds. The fourth-order valence-corrected chi connectivity index (χ4v) is 3.12. The predicted molar refractivity (Wildman–Crippen MR) is 94.9 cm³/mol. The number of hydrogen-bond donors (Lipinski definition) is 2. The van der Waals surface area contributed by atoms with E-state index in [9.17, 15) is 13.2 Å². The molecule has 0 aliphatic heterocycles. The van der Waals surface area contributed by atoms with Gasteiger partial charge >= 0.3 is 0 Å². The fraction of sp³-hybridized carbons (Fsp3) is 0.118. The molecule has 0 fully saturated rings. The van der Waals surface area contributed by atoms with Gasteiger partial charge in [0.2, 0.25) is 11.9 Å². The molecule has 2 N–H and O–H groups in total. The minimum absolute atomic E-state index is 0.0113. The van der Waals surface area contributed by atoms with E-state index in [1.54, 1.807) is 24.5 Å². The lowest BCUT2D eigenvalue weighted by Crippen LogP contribution is -2.15. The summed E-state index contributed by atoms with van der Waals surface area (Å²) in [5, 5.41) is 2.71. The lowest BCUT2D eigenvalue weighted by molar-refractivity contribution is -0.116. The van der Waals surface area contributed by atoms with Crippen molar-refractivity contribution >= 4 is 27.6 Å². The molecule has 3 rings (SSSR count). The van der Waals surface area contributed by atoms with Gasteiger partial charge in [0.1, 0.15) is 5.76 Å². The highest BCUT2D eigenvalue weighted by atomic mass is 32.2. The zero-order valence-electron chi connectivity index (χ0n) is 13.6. The Morgan fingerprint density at radius 3 is 2.42 bits per heavy atom. The van der Waals surface area contributed by atoms with E-state index in [4.69, 9.17) is 4.42 Å². The largest absolute Gasteiger partial charge is 0.469 e. The molecular weight excluding hydrogens is 356 g/mol. The van der Waals surface area contributed by atoms with Gasteiger partial charge in [-0.3, -0.25) is 4.79 Å². The van der Waals surface area contributed by atoms with Crippen molar-refractivity contribution < 1.29 is 17.6 Å². The topological polar surface area (TPSA) is 114 Å². The molecule has 0 saturated heterocycles. The van der Waals surface area contributed by atoms with Gasteiger partial charge in [0.25, 0.3) is 10.0 Å². The van der Waals surface area contributed by atoms with Crippen molar-refractivity contribution in [3.63, 3.8) is 0 Å². The van der Waals surface area contributed by atoms with Crippen molar-refractivity contribution in [2.24, 2.45) is 0 Å². The van der Waals surface area contributed by atoms with Crippen LogP contribution in [0.3, 0.4) is 0 Å². The average Bonchev–Trinajstić information content (AvgIpc) is 3.14. The second kappa shape index (κ2) is 7.79. The van der Waals surface area contributed by atoms with E-state index in [0.29, 0.717) is 12.1 Å². The van der Waals surface area contributed by atoms with Gasteiger partial charge in [0.05, 0.1) is 11.2 Å². The van der Waals surface area contributed by atoms with E-state index < -0.39 is 10.0 Å². The summed E-state index contributed by atoms with van der Waals surface area (Å²) < 4.78 is 32.0. The van der Waals surface area contributed by atoms with Crippen LogP contribution in [0.4, 0.5) is 11.6 Å². The zero-order valence-corrected chi connectivity index (χ0v) is 14.4. The number of nitrogens with one attached hydrogen (secondary N) is 2. The first kappa shape index (κ1) is 17.6. The standard InChI is InChI=1S/C17H16N4O4S/c22-16(9-6-14-3-1-12-25-14)20-13-4-7-15(8-5-13)26(23,24)21-17-18-10-2-11-19-17/h1-5,7-8,10-12H,6,9H2,(H,20,22)(H,18,19,21). The quantitative estimate of drug-likeness (QED) is 0.658. The Kier molecular flexibility index (Phi) is 5.28. The van der Waals surface area contributed by atoms with E-state index in [0.717, 1.165) is 5.76 Å². The zero-order chi connectivity index (χ0) is 18.4. The number of amides is 1. The SMILES string of the molecule is O=C(CCc1ccco1)Nc1ccc(S(=O)(=O)Nc2ncccn2)cc1. The Morgan fingerprint density at radius 1 is 1.04 bits per heavy atom. The predicted octanol–water partition coefficient (Wildman–Crippen LogP) is 2.44. The van der Waals surface area contributed by atoms with Crippen LogP contribution in [-0.4, -0.2) is 24.3 Å². The molecule has 1 aromatic carbocycles. The van der Waals surface area contributed by atoms with E-state index >= 15 is 0 Å². The summed E-state index contributed by atoms with van der Waals surface area (Å²) >= 11 is 0. The molecule has 2 heterocycles. The summed E-state index contributed by atoms with van der Waals surface area (Å²) in [4.78, 5) is 19.6. The van der Waals surface area contributed by atoms with Crippen molar-refractivity contribution in [1.82, 2.24) is 9.97 Å². The molecule has 0 radical (unpaired) electrons. The number of rotatable bonds is 7. The van der Waals surface area contributed by atoms with Crippen molar-refractivity contribution in [1.29, 1.82) is 0 Å². The summed E-state index contributed by atoms with van der Waals surface area (Å²) in [5.41, 5.74) is 0.504. The van der Waals surface area contributed by atoms with E-state index in [1.807, 2.05) is 0 Å². The van der Waals surface area contributed by atoms with Gasteiger partial charge < -0.3 is 9.73 Å². The smallest absolute Gasteiger partial charge is 0.264 e.